The quantitative estimate of drug-likeness (QED) is 0.746. The van der Waals surface area contributed by atoms with Gasteiger partial charge in [0.2, 0.25) is 0 Å². The van der Waals surface area contributed by atoms with Crippen molar-refractivity contribution in [3.05, 3.63) is 11.6 Å². The molecule has 1 aliphatic carbocycles. The van der Waals surface area contributed by atoms with Crippen LogP contribution in [0.3, 0.4) is 0 Å². The van der Waals surface area contributed by atoms with Crippen LogP contribution in [0.1, 0.15) is 33.1 Å². The second kappa shape index (κ2) is 4.26. The average Bonchev–Trinajstić information content (AvgIpc) is 2.55. The molecule has 0 fully saturated rings. The minimum Gasteiger partial charge on any atom is -0.312 e. The fourth-order valence-electron chi connectivity index (χ4n) is 2.15. The van der Waals surface area contributed by atoms with Crippen molar-refractivity contribution >= 4 is 9.84 Å². The summed E-state index contributed by atoms with van der Waals surface area (Å²) in [5.74, 6) is 0. The molecular formula is C11H21NO2S. The van der Waals surface area contributed by atoms with Crippen LogP contribution in [0, 0.1) is 0 Å². The van der Waals surface area contributed by atoms with Crippen molar-refractivity contribution in [3.63, 3.8) is 0 Å². The third kappa shape index (κ3) is 2.42. The highest BCUT2D eigenvalue weighted by Gasteiger charge is 2.40. The maximum atomic E-state index is 11.7. The van der Waals surface area contributed by atoms with Crippen molar-refractivity contribution in [1.29, 1.82) is 0 Å². The first kappa shape index (κ1) is 12.7. The summed E-state index contributed by atoms with van der Waals surface area (Å²) in [5.41, 5.74) is 1.24. The van der Waals surface area contributed by atoms with E-state index in [9.17, 15) is 8.42 Å². The molecule has 3 nitrogen and oxygen atoms in total. The molecule has 4 heteroatoms. The van der Waals surface area contributed by atoms with Gasteiger partial charge in [-0.2, -0.15) is 0 Å². The van der Waals surface area contributed by atoms with Crippen LogP contribution in [0.15, 0.2) is 11.6 Å². The van der Waals surface area contributed by atoms with E-state index >= 15 is 0 Å². The molecule has 0 bridgehead atoms. The van der Waals surface area contributed by atoms with Crippen molar-refractivity contribution in [2.45, 2.75) is 43.9 Å². The lowest BCUT2D eigenvalue weighted by atomic mass is 9.94. The standard InChI is InChI=1S/C11H21NO2S/c1-11(2,15(4,13)14)10(12-3)9-7-5-6-8-9/h7,10,12H,5-6,8H2,1-4H3. The van der Waals surface area contributed by atoms with Gasteiger partial charge in [-0.05, 0) is 40.2 Å². The first-order chi connectivity index (χ1) is 6.80. The number of allylic oxidation sites excluding steroid dienone is 1. The molecule has 0 saturated carbocycles. The van der Waals surface area contributed by atoms with E-state index in [1.54, 1.807) is 13.8 Å². The molecule has 1 aliphatic rings. The van der Waals surface area contributed by atoms with E-state index in [0.29, 0.717) is 0 Å². The number of likely N-dealkylation sites (N-methyl/N-ethyl adjacent to an activating group) is 1. The Morgan fingerprint density at radius 3 is 2.40 bits per heavy atom. The normalized spacial score (nSPS) is 20.1. The smallest absolute Gasteiger partial charge is 0.154 e. The van der Waals surface area contributed by atoms with E-state index in [1.165, 1.54) is 11.8 Å². The van der Waals surface area contributed by atoms with Crippen LogP contribution >= 0.6 is 0 Å². The lowest BCUT2D eigenvalue weighted by Gasteiger charge is -2.33. The van der Waals surface area contributed by atoms with Gasteiger partial charge in [0, 0.05) is 12.3 Å². The number of nitrogens with one attached hydrogen (secondary N) is 1. The highest BCUT2D eigenvalue weighted by molar-refractivity contribution is 7.92. The molecule has 0 aromatic heterocycles. The summed E-state index contributed by atoms with van der Waals surface area (Å²) in [6.07, 6.45) is 6.73. The molecule has 0 saturated heterocycles. The van der Waals surface area contributed by atoms with Gasteiger partial charge < -0.3 is 5.32 Å². The van der Waals surface area contributed by atoms with E-state index < -0.39 is 14.6 Å². The molecular weight excluding hydrogens is 210 g/mol. The van der Waals surface area contributed by atoms with E-state index in [2.05, 4.69) is 11.4 Å². The Morgan fingerprint density at radius 1 is 1.47 bits per heavy atom. The van der Waals surface area contributed by atoms with Gasteiger partial charge in [-0.25, -0.2) is 8.42 Å². The largest absolute Gasteiger partial charge is 0.312 e. The zero-order valence-corrected chi connectivity index (χ0v) is 10.8. The number of sulfone groups is 1. The van der Waals surface area contributed by atoms with Gasteiger partial charge >= 0.3 is 0 Å². The molecule has 0 aliphatic heterocycles. The predicted molar refractivity (Wildman–Crippen MR) is 63.7 cm³/mol. The summed E-state index contributed by atoms with van der Waals surface area (Å²) in [4.78, 5) is 0. The molecule has 1 unspecified atom stereocenters. The Hall–Kier alpha value is -0.350. The van der Waals surface area contributed by atoms with Crippen molar-refractivity contribution in [3.8, 4) is 0 Å². The molecule has 0 aromatic rings. The highest BCUT2D eigenvalue weighted by Crippen LogP contribution is 2.30. The molecule has 0 heterocycles. The van der Waals surface area contributed by atoms with Gasteiger partial charge in [0.1, 0.15) is 0 Å². The molecule has 1 rings (SSSR count). The van der Waals surface area contributed by atoms with E-state index in [1.807, 2.05) is 7.05 Å². The van der Waals surface area contributed by atoms with Crippen LogP contribution in [0.4, 0.5) is 0 Å². The second-order valence-electron chi connectivity index (χ2n) is 4.77. The van der Waals surface area contributed by atoms with Crippen LogP contribution in [-0.2, 0) is 9.84 Å². The molecule has 0 spiro atoms. The predicted octanol–water partition coefficient (Wildman–Crippen LogP) is 1.51. The Bertz CT molecular complexity index is 355. The molecule has 1 N–H and O–H groups in total. The third-order valence-corrected chi connectivity index (χ3v) is 5.53. The summed E-state index contributed by atoms with van der Waals surface area (Å²) in [5, 5.41) is 3.14. The lowest BCUT2D eigenvalue weighted by Crippen LogP contribution is -2.51. The van der Waals surface area contributed by atoms with Crippen molar-refractivity contribution in [1.82, 2.24) is 5.32 Å². The summed E-state index contributed by atoms with van der Waals surface area (Å²) < 4.78 is 22.7. The first-order valence-electron chi connectivity index (χ1n) is 5.36. The number of hydrogen-bond donors (Lipinski definition) is 1. The highest BCUT2D eigenvalue weighted by atomic mass is 32.2. The van der Waals surface area contributed by atoms with Gasteiger partial charge in [-0.15, -0.1) is 0 Å². The monoisotopic (exact) mass is 231 g/mol. The van der Waals surface area contributed by atoms with Gasteiger partial charge in [0.05, 0.1) is 4.75 Å². The summed E-state index contributed by atoms with van der Waals surface area (Å²) in [6, 6.07) is -0.0602. The summed E-state index contributed by atoms with van der Waals surface area (Å²) in [6.45, 7) is 3.59. The topological polar surface area (TPSA) is 46.2 Å². The molecule has 0 radical (unpaired) electrons. The number of hydrogen-bond acceptors (Lipinski definition) is 3. The fraction of sp³-hybridized carbons (Fsp3) is 0.818. The van der Waals surface area contributed by atoms with Crippen LogP contribution in [0.5, 0.6) is 0 Å². The van der Waals surface area contributed by atoms with Gasteiger partial charge in [-0.1, -0.05) is 11.6 Å². The Morgan fingerprint density at radius 2 is 2.07 bits per heavy atom. The Labute approximate surface area is 92.9 Å². The van der Waals surface area contributed by atoms with Gasteiger partial charge in [0.25, 0.3) is 0 Å². The SMILES string of the molecule is CNC(C1=CCCC1)C(C)(C)S(C)(=O)=O. The third-order valence-electron chi connectivity index (χ3n) is 3.39. The molecule has 15 heavy (non-hydrogen) atoms. The average molecular weight is 231 g/mol. The fourth-order valence-corrected chi connectivity index (χ4v) is 2.85. The van der Waals surface area contributed by atoms with Gasteiger partial charge in [0.15, 0.2) is 9.84 Å². The molecule has 88 valence electrons. The molecule has 1 atom stereocenters. The van der Waals surface area contributed by atoms with E-state index in [4.69, 9.17) is 0 Å². The van der Waals surface area contributed by atoms with E-state index in [0.717, 1.165) is 19.3 Å². The zero-order valence-electron chi connectivity index (χ0n) is 10.0. The van der Waals surface area contributed by atoms with E-state index in [-0.39, 0.29) is 6.04 Å². The summed E-state index contributed by atoms with van der Waals surface area (Å²) >= 11 is 0. The van der Waals surface area contributed by atoms with Crippen LogP contribution in [0.25, 0.3) is 0 Å². The minimum absolute atomic E-state index is 0.0602. The second-order valence-corrected chi connectivity index (χ2v) is 7.37. The maximum Gasteiger partial charge on any atom is 0.154 e. The van der Waals surface area contributed by atoms with Crippen LogP contribution in [0.2, 0.25) is 0 Å². The molecule has 0 aromatic carbocycles. The minimum atomic E-state index is -3.05. The zero-order chi connectivity index (χ0) is 11.7. The maximum absolute atomic E-state index is 11.7. The Kier molecular flexibility index (Phi) is 3.61. The van der Waals surface area contributed by atoms with Crippen LogP contribution < -0.4 is 5.32 Å². The van der Waals surface area contributed by atoms with Crippen molar-refractivity contribution in [2.24, 2.45) is 0 Å². The van der Waals surface area contributed by atoms with Crippen molar-refractivity contribution < 1.29 is 8.42 Å². The Balaban J connectivity index is 3.01. The van der Waals surface area contributed by atoms with Crippen molar-refractivity contribution in [2.75, 3.05) is 13.3 Å². The first-order valence-corrected chi connectivity index (χ1v) is 7.25. The van der Waals surface area contributed by atoms with Crippen LogP contribution in [-0.4, -0.2) is 32.5 Å². The number of rotatable bonds is 4. The van der Waals surface area contributed by atoms with Gasteiger partial charge in [-0.3, -0.25) is 0 Å². The lowest BCUT2D eigenvalue weighted by molar-refractivity contribution is 0.468. The molecule has 0 amide bonds. The summed E-state index contributed by atoms with van der Waals surface area (Å²) in [7, 11) is -1.22.